The predicted octanol–water partition coefficient (Wildman–Crippen LogP) is 3.85. The molecule has 0 saturated heterocycles. The number of quaternary nitrogens is 2. The van der Waals surface area contributed by atoms with Crippen molar-refractivity contribution < 1.29 is 62.7 Å². The number of rotatable bonds is 43. The number of amides is 2. The minimum Gasteiger partial charge on any atom is -1.00 e. The fraction of sp³-hybridized carbons (Fsp3) is 0.957. The molecule has 2 unspecified atom stereocenters. The molecule has 0 radical (unpaired) electrons. The van der Waals surface area contributed by atoms with E-state index in [0.29, 0.717) is 35.1 Å². The number of aliphatic hydroxyl groups excluding tert-OH is 2. The fourth-order valence-electron chi connectivity index (χ4n) is 7.91. The highest BCUT2D eigenvalue weighted by Gasteiger charge is 2.25. The topological polar surface area (TPSA) is 98.7 Å². The Morgan fingerprint density at radius 1 is 0.375 bits per heavy atom. The second kappa shape index (κ2) is 44.3. The predicted molar refractivity (Wildman–Crippen MR) is 232 cm³/mol. The van der Waals surface area contributed by atoms with E-state index in [1.165, 1.54) is 167 Å². The number of nitrogens with one attached hydrogen (secondary N) is 2. The summed E-state index contributed by atoms with van der Waals surface area (Å²) >= 11 is 0. The molecule has 0 fully saturated rings. The van der Waals surface area contributed by atoms with Gasteiger partial charge in [0.25, 0.3) is 11.8 Å². The lowest BCUT2D eigenvalue weighted by molar-refractivity contribution is -0.902. The van der Waals surface area contributed by atoms with Crippen LogP contribution in [0.4, 0.5) is 0 Å². The normalized spacial score (nSPS) is 13.3. The third-order valence-electron chi connectivity index (χ3n) is 11.7. The van der Waals surface area contributed by atoms with Crippen LogP contribution >= 0.6 is 0 Å². The Bertz CT molecular complexity index is 777. The molecular weight excluding hydrogens is 832 g/mol. The van der Waals surface area contributed by atoms with Crippen LogP contribution in [0, 0.1) is 0 Å². The number of unbranched alkanes of at least 4 members (excludes halogenated alkanes) is 27. The van der Waals surface area contributed by atoms with E-state index in [4.69, 9.17) is 0 Å². The minimum atomic E-state index is 0. The Morgan fingerprint density at radius 2 is 0.607 bits per heavy atom. The molecule has 8 nitrogen and oxygen atoms in total. The Morgan fingerprint density at radius 3 is 0.857 bits per heavy atom. The van der Waals surface area contributed by atoms with Gasteiger partial charge in [-0.05, 0) is 38.5 Å². The molecule has 4 N–H and O–H groups in total. The van der Waals surface area contributed by atoms with E-state index in [1.807, 2.05) is 0 Å². The number of likely N-dealkylation sites (N-methyl/N-ethyl adjacent to an activating group) is 2. The van der Waals surface area contributed by atoms with Gasteiger partial charge in [-0.25, -0.2) is 0 Å². The summed E-state index contributed by atoms with van der Waals surface area (Å²) in [7, 11) is 4.24. The van der Waals surface area contributed by atoms with E-state index in [1.54, 1.807) is 0 Å². The second-order valence-corrected chi connectivity index (χ2v) is 17.5. The van der Waals surface area contributed by atoms with Gasteiger partial charge in [-0.2, -0.15) is 0 Å². The average Bonchev–Trinajstić information content (AvgIpc) is 3.13. The van der Waals surface area contributed by atoms with E-state index in [-0.39, 0.29) is 59.0 Å². The number of hydrogen-bond donors (Lipinski definition) is 4. The molecule has 338 valence electrons. The summed E-state index contributed by atoms with van der Waals surface area (Å²) in [6, 6.07) is 0. The van der Waals surface area contributed by atoms with Crippen LogP contribution in [0.15, 0.2) is 0 Å². The van der Waals surface area contributed by atoms with Crippen LogP contribution in [0.25, 0.3) is 0 Å². The third kappa shape index (κ3) is 40.5. The zero-order valence-corrected chi connectivity index (χ0v) is 40.8. The highest BCUT2D eigenvalue weighted by atomic mass is 79.9. The van der Waals surface area contributed by atoms with Crippen LogP contribution in [0.1, 0.15) is 206 Å². The molecule has 0 aromatic rings. The Hall–Kier alpha value is -0.260. The van der Waals surface area contributed by atoms with Crippen molar-refractivity contribution >= 4 is 11.8 Å². The molecule has 2 amide bonds. The fourth-order valence-corrected chi connectivity index (χ4v) is 7.91. The molecule has 0 spiro atoms. The lowest BCUT2D eigenvalue weighted by atomic mass is 10.1. The quantitative estimate of drug-likeness (QED) is 0.0553. The van der Waals surface area contributed by atoms with Crippen molar-refractivity contribution in [1.82, 2.24) is 10.6 Å². The first-order chi connectivity index (χ1) is 26.2. The highest BCUT2D eigenvalue weighted by Crippen LogP contribution is 2.15. The van der Waals surface area contributed by atoms with E-state index in [0.717, 1.165) is 51.9 Å². The van der Waals surface area contributed by atoms with Gasteiger partial charge in [0.2, 0.25) is 0 Å². The number of carbonyl (C=O) groups is 2. The number of halogens is 2. The van der Waals surface area contributed by atoms with Crippen LogP contribution < -0.4 is 44.6 Å². The van der Waals surface area contributed by atoms with E-state index in [2.05, 4.69) is 38.6 Å². The molecule has 0 rings (SSSR count). The molecule has 0 aliphatic rings. The molecule has 10 heteroatoms. The van der Waals surface area contributed by atoms with Crippen molar-refractivity contribution in [2.45, 2.75) is 206 Å². The lowest BCUT2D eigenvalue weighted by Crippen LogP contribution is -3.00. The molecule has 0 saturated carbocycles. The maximum atomic E-state index is 12.7. The number of nitrogens with zero attached hydrogens (tertiary/aromatic N) is 2. The summed E-state index contributed by atoms with van der Waals surface area (Å²) in [5, 5.41) is 25.6. The molecule has 0 heterocycles. The van der Waals surface area contributed by atoms with Gasteiger partial charge in [-0.15, -0.1) is 0 Å². The molecule has 0 aliphatic carbocycles. The molecule has 56 heavy (non-hydrogen) atoms. The second-order valence-electron chi connectivity index (χ2n) is 17.5. The summed E-state index contributed by atoms with van der Waals surface area (Å²) in [5.74, 6) is 0.248. The Labute approximate surface area is 369 Å². The average molecular weight is 929 g/mol. The highest BCUT2D eigenvalue weighted by molar-refractivity contribution is 5.77. The maximum absolute atomic E-state index is 12.7. The SMILES string of the molecule is CCCCCCCCCCCCNC(=O)C[N+](C)(CCO)CCCCCCCCCCCC[N+](C)(CCO)CC(=O)NCCCCCCCCCCCC.[Br-].[Br-]. The van der Waals surface area contributed by atoms with Crippen LogP contribution in [0.3, 0.4) is 0 Å². The number of hydrogen-bond acceptors (Lipinski definition) is 4. The lowest BCUT2D eigenvalue weighted by Gasteiger charge is -2.33. The largest absolute Gasteiger partial charge is 1.00 e. The maximum Gasteiger partial charge on any atom is 0.275 e. The van der Waals surface area contributed by atoms with Crippen molar-refractivity contribution in [3.8, 4) is 0 Å². The zero-order chi connectivity index (χ0) is 39.9. The van der Waals surface area contributed by atoms with Crippen LogP contribution in [0.2, 0.25) is 0 Å². The first-order valence-electron chi connectivity index (χ1n) is 23.7. The number of carbonyl (C=O) groups excluding carboxylic acids is 2. The van der Waals surface area contributed by atoms with Gasteiger partial charge < -0.3 is 63.8 Å². The van der Waals surface area contributed by atoms with Crippen molar-refractivity contribution in [3.63, 3.8) is 0 Å². The van der Waals surface area contributed by atoms with E-state index in [9.17, 15) is 19.8 Å². The summed E-state index contributed by atoms with van der Waals surface area (Å²) in [6.45, 7) is 10.4. The van der Waals surface area contributed by atoms with E-state index >= 15 is 0 Å². The van der Waals surface area contributed by atoms with Crippen molar-refractivity contribution in [3.05, 3.63) is 0 Å². The van der Waals surface area contributed by atoms with Gasteiger partial charge >= 0.3 is 0 Å². The molecular formula is C46H96Br2N4O4. The smallest absolute Gasteiger partial charge is 0.275 e. The van der Waals surface area contributed by atoms with Gasteiger partial charge in [0.1, 0.15) is 13.1 Å². The van der Waals surface area contributed by atoms with Gasteiger partial charge in [-0.3, -0.25) is 9.59 Å². The van der Waals surface area contributed by atoms with Crippen molar-refractivity contribution in [2.75, 3.05) is 79.7 Å². The standard InChI is InChI=1S/C46H94N4O4.2BrH/c1-5-7-9-11-13-15-19-23-27-31-35-47-45(53)43-49(3,39-41-51)37-33-29-25-21-17-18-22-26-30-34-38-50(4,40-42-52)44-46(54)48-36-32-28-24-20-16-14-12-10-8-6-2;;/h51-52H,5-44H2,1-4H3;2*1H. The minimum absolute atomic E-state index is 0. The van der Waals surface area contributed by atoms with Gasteiger partial charge in [0, 0.05) is 13.1 Å². The Kier molecular flexibility index (Phi) is 47.5. The third-order valence-corrected chi connectivity index (χ3v) is 11.7. The molecule has 0 aromatic heterocycles. The summed E-state index contributed by atoms with van der Waals surface area (Å²) in [6.07, 6.45) is 38.2. The first-order valence-corrected chi connectivity index (χ1v) is 23.7. The molecule has 0 bridgehead atoms. The van der Waals surface area contributed by atoms with Crippen LogP contribution in [-0.4, -0.2) is 111 Å². The number of aliphatic hydroxyl groups is 2. The zero-order valence-electron chi connectivity index (χ0n) is 37.6. The summed E-state index contributed by atoms with van der Waals surface area (Å²) in [4.78, 5) is 25.4. The Balaban J connectivity index is -0.0000140. The van der Waals surface area contributed by atoms with Gasteiger partial charge in [-0.1, -0.05) is 168 Å². The summed E-state index contributed by atoms with van der Waals surface area (Å²) in [5.41, 5.74) is 0. The van der Waals surface area contributed by atoms with Crippen LogP contribution in [-0.2, 0) is 9.59 Å². The van der Waals surface area contributed by atoms with Crippen LogP contribution in [0.5, 0.6) is 0 Å². The van der Waals surface area contributed by atoms with Gasteiger partial charge in [0.05, 0.1) is 40.4 Å². The van der Waals surface area contributed by atoms with Crippen molar-refractivity contribution in [2.24, 2.45) is 0 Å². The van der Waals surface area contributed by atoms with E-state index < -0.39 is 0 Å². The molecule has 0 aliphatic heterocycles. The monoisotopic (exact) mass is 927 g/mol. The van der Waals surface area contributed by atoms with Gasteiger partial charge in [0.15, 0.2) is 13.1 Å². The summed E-state index contributed by atoms with van der Waals surface area (Å²) < 4.78 is 1.25. The molecule has 2 atom stereocenters. The van der Waals surface area contributed by atoms with Crippen molar-refractivity contribution in [1.29, 1.82) is 0 Å². The molecule has 0 aromatic carbocycles. The first kappa shape index (κ1) is 60.0.